The molecule has 0 saturated heterocycles. The quantitative estimate of drug-likeness (QED) is 0.916. The Hall–Kier alpha value is -0.650. The summed E-state index contributed by atoms with van der Waals surface area (Å²) in [5, 5.41) is 13.8. The number of hydrogen-bond donors (Lipinski definition) is 1. The van der Waals surface area contributed by atoms with Gasteiger partial charge in [0.1, 0.15) is 0 Å². The molecule has 0 spiro atoms. The van der Waals surface area contributed by atoms with Gasteiger partial charge in [0.25, 0.3) is 0 Å². The van der Waals surface area contributed by atoms with E-state index >= 15 is 0 Å². The Morgan fingerprint density at radius 1 is 1.35 bits per heavy atom. The van der Waals surface area contributed by atoms with Crippen molar-refractivity contribution < 1.29 is 0 Å². The van der Waals surface area contributed by atoms with Crippen LogP contribution in [-0.2, 0) is 6.54 Å². The van der Waals surface area contributed by atoms with Gasteiger partial charge in [-0.3, -0.25) is 0 Å². The zero-order chi connectivity index (χ0) is 12.4. The molecule has 2 rings (SSSR count). The van der Waals surface area contributed by atoms with Crippen LogP contribution in [-0.4, -0.2) is 10.2 Å². The van der Waals surface area contributed by atoms with Crippen LogP contribution in [0.15, 0.2) is 15.9 Å². The van der Waals surface area contributed by atoms with E-state index in [1.807, 2.05) is 25.3 Å². The van der Waals surface area contributed by atoms with E-state index in [0.29, 0.717) is 5.15 Å². The highest BCUT2D eigenvalue weighted by Crippen LogP contribution is 2.25. The number of halogens is 2. The van der Waals surface area contributed by atoms with Crippen LogP contribution in [0.3, 0.4) is 0 Å². The van der Waals surface area contributed by atoms with Crippen LogP contribution in [0.25, 0.3) is 0 Å². The number of nitrogens with one attached hydrogen (secondary N) is 1. The van der Waals surface area contributed by atoms with E-state index in [2.05, 4.69) is 31.4 Å². The average molecular weight is 333 g/mol. The fourth-order valence-corrected chi connectivity index (χ4v) is 2.97. The van der Waals surface area contributed by atoms with E-state index in [9.17, 15) is 0 Å². The highest BCUT2D eigenvalue weighted by atomic mass is 79.9. The second kappa shape index (κ2) is 5.33. The molecular formula is C11H11BrClN3S. The molecule has 3 nitrogen and oxygen atoms in total. The second-order valence-corrected chi connectivity index (χ2v) is 5.85. The van der Waals surface area contributed by atoms with Crippen molar-refractivity contribution in [2.45, 2.75) is 20.4 Å². The molecule has 90 valence electrons. The van der Waals surface area contributed by atoms with Gasteiger partial charge in [0.05, 0.1) is 6.54 Å². The third-order valence-electron chi connectivity index (χ3n) is 2.57. The summed E-state index contributed by atoms with van der Waals surface area (Å²) < 4.78 is 1.12. The van der Waals surface area contributed by atoms with Crippen LogP contribution >= 0.6 is 38.9 Å². The van der Waals surface area contributed by atoms with Crippen molar-refractivity contribution in [1.29, 1.82) is 0 Å². The van der Waals surface area contributed by atoms with E-state index in [1.165, 1.54) is 4.88 Å². The molecular weight excluding hydrogens is 322 g/mol. The molecule has 0 aliphatic carbocycles. The molecule has 1 N–H and O–H groups in total. The highest BCUT2D eigenvalue weighted by Gasteiger charge is 2.08. The second-order valence-electron chi connectivity index (χ2n) is 3.63. The predicted molar refractivity (Wildman–Crippen MR) is 75.9 cm³/mol. The molecule has 0 unspecified atom stereocenters. The van der Waals surface area contributed by atoms with Gasteiger partial charge < -0.3 is 5.32 Å². The maximum atomic E-state index is 5.90. The van der Waals surface area contributed by atoms with Crippen molar-refractivity contribution in [3.8, 4) is 0 Å². The number of nitrogens with zero attached hydrogens (tertiary/aromatic N) is 2. The fourth-order valence-electron chi connectivity index (χ4n) is 1.36. The Morgan fingerprint density at radius 3 is 2.76 bits per heavy atom. The molecule has 0 aliphatic rings. The molecule has 0 aromatic carbocycles. The monoisotopic (exact) mass is 331 g/mol. The molecule has 17 heavy (non-hydrogen) atoms. The van der Waals surface area contributed by atoms with E-state index < -0.39 is 0 Å². The van der Waals surface area contributed by atoms with Gasteiger partial charge in [-0.15, -0.1) is 21.5 Å². The molecule has 0 atom stereocenters. The molecule has 0 radical (unpaired) electrons. The first-order valence-corrected chi connectivity index (χ1v) is 7.09. The first-order valence-electron chi connectivity index (χ1n) is 5.04. The van der Waals surface area contributed by atoms with Crippen molar-refractivity contribution in [2.24, 2.45) is 0 Å². The summed E-state index contributed by atoms with van der Waals surface area (Å²) in [5.41, 5.74) is 2.01. The summed E-state index contributed by atoms with van der Waals surface area (Å²) in [6.07, 6.45) is 0. The molecule has 0 fully saturated rings. The Labute approximate surface area is 117 Å². The minimum Gasteiger partial charge on any atom is -0.363 e. The van der Waals surface area contributed by atoms with E-state index in [-0.39, 0.29) is 0 Å². The molecule has 2 heterocycles. The van der Waals surface area contributed by atoms with Gasteiger partial charge >= 0.3 is 0 Å². The summed E-state index contributed by atoms with van der Waals surface area (Å²) in [5.74, 6) is 0.784. The van der Waals surface area contributed by atoms with Gasteiger partial charge in [0, 0.05) is 9.35 Å². The first-order chi connectivity index (χ1) is 8.09. The largest absolute Gasteiger partial charge is 0.363 e. The van der Waals surface area contributed by atoms with Gasteiger partial charge in [-0.1, -0.05) is 11.6 Å². The lowest BCUT2D eigenvalue weighted by molar-refractivity contribution is 0.975. The van der Waals surface area contributed by atoms with Crippen molar-refractivity contribution in [3.05, 3.63) is 37.1 Å². The Balaban J connectivity index is 2.15. The summed E-state index contributed by atoms with van der Waals surface area (Å²) in [6, 6.07) is 2.04. The molecule has 0 bridgehead atoms. The summed E-state index contributed by atoms with van der Waals surface area (Å²) >= 11 is 11.1. The Kier molecular flexibility index (Phi) is 4.01. The lowest BCUT2D eigenvalue weighted by Gasteiger charge is -2.09. The number of aromatic nitrogens is 2. The SMILES string of the molecule is Cc1c(Cl)nnc(NCc2sccc2Br)c1C. The summed E-state index contributed by atoms with van der Waals surface area (Å²) in [6.45, 7) is 4.66. The molecule has 2 aromatic rings. The van der Waals surface area contributed by atoms with Crippen LogP contribution in [0.5, 0.6) is 0 Å². The standard InChI is InChI=1S/C11H11BrClN3S/c1-6-7(2)11(16-15-10(6)13)14-5-9-8(12)3-4-17-9/h3-4H,5H2,1-2H3,(H,14,16). The zero-order valence-corrected chi connectivity index (χ0v) is 12.6. The fraction of sp³-hybridized carbons (Fsp3) is 0.273. The van der Waals surface area contributed by atoms with Crippen molar-refractivity contribution in [3.63, 3.8) is 0 Å². The zero-order valence-electron chi connectivity index (χ0n) is 9.42. The summed E-state index contributed by atoms with van der Waals surface area (Å²) in [7, 11) is 0. The molecule has 0 aliphatic heterocycles. The minimum atomic E-state index is 0.463. The predicted octanol–water partition coefficient (Wildman–Crippen LogP) is 4.18. The van der Waals surface area contributed by atoms with Crippen LogP contribution in [0.1, 0.15) is 16.0 Å². The molecule has 0 saturated carbocycles. The van der Waals surface area contributed by atoms with Crippen LogP contribution in [0.2, 0.25) is 5.15 Å². The lowest BCUT2D eigenvalue weighted by atomic mass is 10.2. The molecule has 0 amide bonds. The van der Waals surface area contributed by atoms with Crippen LogP contribution < -0.4 is 5.32 Å². The minimum absolute atomic E-state index is 0.463. The Morgan fingerprint density at radius 2 is 2.12 bits per heavy atom. The lowest BCUT2D eigenvalue weighted by Crippen LogP contribution is -2.05. The van der Waals surface area contributed by atoms with Crippen molar-refractivity contribution >= 4 is 44.7 Å². The van der Waals surface area contributed by atoms with Crippen LogP contribution in [0.4, 0.5) is 5.82 Å². The van der Waals surface area contributed by atoms with Gasteiger partial charge in [-0.2, -0.15) is 0 Å². The van der Waals surface area contributed by atoms with Gasteiger partial charge in [0.2, 0.25) is 0 Å². The maximum absolute atomic E-state index is 5.90. The van der Waals surface area contributed by atoms with Crippen molar-refractivity contribution in [1.82, 2.24) is 10.2 Å². The average Bonchev–Trinajstić information content (AvgIpc) is 2.71. The number of anilines is 1. The van der Waals surface area contributed by atoms with E-state index in [0.717, 1.165) is 28.0 Å². The van der Waals surface area contributed by atoms with E-state index in [4.69, 9.17) is 11.6 Å². The highest BCUT2D eigenvalue weighted by molar-refractivity contribution is 9.10. The molecule has 2 aromatic heterocycles. The van der Waals surface area contributed by atoms with E-state index in [1.54, 1.807) is 11.3 Å². The van der Waals surface area contributed by atoms with Crippen molar-refractivity contribution in [2.75, 3.05) is 5.32 Å². The van der Waals surface area contributed by atoms with Gasteiger partial charge in [-0.25, -0.2) is 0 Å². The molecule has 6 heteroatoms. The normalized spacial score (nSPS) is 10.6. The number of rotatable bonds is 3. The summed E-state index contributed by atoms with van der Waals surface area (Å²) in [4.78, 5) is 1.24. The van der Waals surface area contributed by atoms with Gasteiger partial charge in [0.15, 0.2) is 11.0 Å². The third-order valence-corrected chi connectivity index (χ3v) is 4.86. The third kappa shape index (κ3) is 2.78. The topological polar surface area (TPSA) is 37.8 Å². The van der Waals surface area contributed by atoms with Gasteiger partial charge in [-0.05, 0) is 52.4 Å². The Bertz CT molecular complexity index is 542. The number of thiophene rings is 1. The number of hydrogen-bond acceptors (Lipinski definition) is 4. The maximum Gasteiger partial charge on any atom is 0.155 e. The van der Waals surface area contributed by atoms with Crippen LogP contribution in [0, 0.1) is 13.8 Å². The smallest absolute Gasteiger partial charge is 0.155 e. The first kappa shape index (κ1) is 12.8.